The summed E-state index contributed by atoms with van der Waals surface area (Å²) in [4.78, 5) is 13.4. The first-order valence-electron chi connectivity index (χ1n) is 37.6. The normalized spacial score (nSPS) is 27.8. The molecule has 0 spiro atoms. The second-order valence-electron chi connectivity index (χ2n) is 27.1. The van der Waals surface area contributed by atoms with Gasteiger partial charge in [-0.05, 0) is 32.1 Å². The first kappa shape index (κ1) is 84.5. The van der Waals surface area contributed by atoms with Crippen molar-refractivity contribution >= 4 is 5.91 Å². The lowest BCUT2D eigenvalue weighted by molar-refractivity contribution is -0.379. The number of nitrogens with one attached hydrogen (secondary N) is 1. The fourth-order valence-corrected chi connectivity index (χ4v) is 12.9. The summed E-state index contributed by atoms with van der Waals surface area (Å²) in [6.07, 6.45) is 37.3. The van der Waals surface area contributed by atoms with Crippen LogP contribution in [0.1, 0.15) is 303 Å². The van der Waals surface area contributed by atoms with Crippen LogP contribution in [0.15, 0.2) is 24.3 Å². The highest BCUT2D eigenvalue weighted by molar-refractivity contribution is 5.76. The zero-order valence-corrected chi connectivity index (χ0v) is 57.5. The number of hydrogen-bond donors (Lipinski definition) is 12. The first-order valence-corrected chi connectivity index (χ1v) is 37.6. The van der Waals surface area contributed by atoms with E-state index >= 15 is 0 Å². The first-order chi connectivity index (χ1) is 44.8. The molecular weight excluding hydrogens is 1180 g/mol. The van der Waals surface area contributed by atoms with Gasteiger partial charge in [0.2, 0.25) is 5.91 Å². The molecule has 0 radical (unpaired) electrons. The van der Waals surface area contributed by atoms with Crippen LogP contribution in [0.5, 0.6) is 0 Å². The second-order valence-corrected chi connectivity index (χ2v) is 27.1. The highest BCUT2D eigenvalue weighted by Gasteiger charge is 2.53. The summed E-state index contributed by atoms with van der Waals surface area (Å²) >= 11 is 0. The van der Waals surface area contributed by atoms with Crippen LogP contribution in [-0.4, -0.2) is 193 Å². The second kappa shape index (κ2) is 55.2. The summed E-state index contributed by atoms with van der Waals surface area (Å²) in [6.45, 7) is 1.77. The van der Waals surface area contributed by atoms with Crippen LogP contribution in [0.2, 0.25) is 0 Å². The smallest absolute Gasteiger partial charge is 0.220 e. The molecular formula is C73H137NO18. The van der Waals surface area contributed by atoms with Crippen molar-refractivity contribution in [2.24, 2.45) is 0 Å². The summed E-state index contributed by atoms with van der Waals surface area (Å²) < 4.78 is 34.4. The number of carbonyl (C=O) groups is 1. The van der Waals surface area contributed by atoms with Gasteiger partial charge in [0.25, 0.3) is 0 Å². The van der Waals surface area contributed by atoms with Gasteiger partial charge in [-0.3, -0.25) is 4.79 Å². The molecule has 0 bridgehead atoms. The van der Waals surface area contributed by atoms with E-state index in [0.29, 0.717) is 12.8 Å². The van der Waals surface area contributed by atoms with Crippen molar-refractivity contribution in [2.45, 2.75) is 407 Å². The zero-order valence-electron chi connectivity index (χ0n) is 57.5. The molecule has 0 aromatic carbocycles. The van der Waals surface area contributed by atoms with E-state index in [4.69, 9.17) is 28.4 Å². The quantitative estimate of drug-likeness (QED) is 0.0199. The minimum absolute atomic E-state index is 0.241. The monoisotopic (exact) mass is 1320 g/mol. The lowest BCUT2D eigenvalue weighted by atomic mass is 9.96. The maximum absolute atomic E-state index is 13.4. The summed E-state index contributed by atoms with van der Waals surface area (Å²) in [7, 11) is 0. The number of aliphatic hydroxyl groups is 11. The lowest BCUT2D eigenvalue weighted by Crippen LogP contribution is -2.66. The highest BCUT2D eigenvalue weighted by atomic mass is 16.8. The van der Waals surface area contributed by atoms with Crippen LogP contribution in [0.3, 0.4) is 0 Å². The summed E-state index contributed by atoms with van der Waals surface area (Å²) in [5.41, 5.74) is 0. The SMILES string of the molecule is CCCCCCCCCCCCCCCCCCC/C=C/CC/C=C/C(O)C(COC1OC(CO)C(OC2OC(CO)C(OC3OC(CO)C(O)C(O)C3O)C(O)C2O)C(O)C1O)NC(=O)CCCCCCCCCCCCCCCCCCCCCCCCCC. The van der Waals surface area contributed by atoms with Crippen LogP contribution in [0.25, 0.3) is 0 Å². The van der Waals surface area contributed by atoms with Gasteiger partial charge in [0.15, 0.2) is 18.9 Å². The molecule has 3 aliphatic rings. The fourth-order valence-electron chi connectivity index (χ4n) is 12.9. The number of rotatable bonds is 59. The highest BCUT2D eigenvalue weighted by Crippen LogP contribution is 2.33. The number of allylic oxidation sites excluding steroid dienone is 3. The van der Waals surface area contributed by atoms with E-state index in [9.17, 15) is 61.0 Å². The standard InChI is InChI=1S/C73H137NO18/c1-3-5-7-9-11-13-15-17-19-21-23-25-27-29-31-33-35-37-39-41-43-45-47-49-51-61(79)74-56(57(78)50-48-46-44-42-40-38-36-34-32-30-28-26-24-22-20-18-16-14-12-10-8-6-4-2)55-87-71-67(85)64(82)69(59(53-76)89-71)92-73-68(86)65(83)70(60(54-77)90-73)91-72-66(84)63(81)62(80)58(52-75)88-72/h40,42,48,50,56-60,62-73,75-78,80-86H,3-39,41,43-47,49,51-55H2,1-2H3,(H,74,79)/b42-40+,50-48+. The van der Waals surface area contributed by atoms with E-state index < -0.39 is 124 Å². The number of ether oxygens (including phenoxy) is 6. The minimum atomic E-state index is -1.98. The maximum Gasteiger partial charge on any atom is 0.220 e. The maximum atomic E-state index is 13.4. The van der Waals surface area contributed by atoms with E-state index in [-0.39, 0.29) is 18.9 Å². The molecule has 19 heteroatoms. The van der Waals surface area contributed by atoms with Crippen molar-refractivity contribution in [1.82, 2.24) is 5.32 Å². The molecule has 0 aromatic heterocycles. The van der Waals surface area contributed by atoms with Crippen molar-refractivity contribution in [3.05, 3.63) is 24.3 Å². The van der Waals surface area contributed by atoms with Crippen molar-refractivity contribution < 1.29 is 89.4 Å². The van der Waals surface area contributed by atoms with Gasteiger partial charge < -0.3 is 89.9 Å². The summed E-state index contributed by atoms with van der Waals surface area (Å²) in [6, 6.07) is -0.987. The Labute approximate surface area is 556 Å². The van der Waals surface area contributed by atoms with Crippen LogP contribution in [0, 0.1) is 0 Å². The van der Waals surface area contributed by atoms with Crippen LogP contribution in [-0.2, 0) is 33.2 Å². The van der Waals surface area contributed by atoms with Gasteiger partial charge in [-0.25, -0.2) is 0 Å². The molecule has 0 aliphatic carbocycles. The molecule has 12 N–H and O–H groups in total. The average molecular weight is 1320 g/mol. The van der Waals surface area contributed by atoms with Crippen molar-refractivity contribution in [3.63, 3.8) is 0 Å². The van der Waals surface area contributed by atoms with E-state index in [1.807, 2.05) is 6.08 Å². The summed E-state index contributed by atoms with van der Waals surface area (Å²) in [5, 5.41) is 121. The Morgan fingerprint density at radius 2 is 0.696 bits per heavy atom. The van der Waals surface area contributed by atoms with E-state index in [0.717, 1.165) is 38.5 Å². The Morgan fingerprint density at radius 3 is 1.09 bits per heavy atom. The third kappa shape index (κ3) is 36.2. The molecule has 542 valence electrons. The van der Waals surface area contributed by atoms with Gasteiger partial charge in [0, 0.05) is 6.42 Å². The van der Waals surface area contributed by atoms with Gasteiger partial charge >= 0.3 is 0 Å². The largest absolute Gasteiger partial charge is 0.394 e. The van der Waals surface area contributed by atoms with Crippen LogP contribution >= 0.6 is 0 Å². The Balaban J connectivity index is 1.42. The third-order valence-electron chi connectivity index (χ3n) is 19.0. The molecule has 17 atom stereocenters. The fraction of sp³-hybridized carbons (Fsp3) is 0.932. The predicted octanol–water partition coefficient (Wildman–Crippen LogP) is 11.0. The molecule has 3 rings (SSSR count). The number of amides is 1. The molecule has 19 nitrogen and oxygen atoms in total. The van der Waals surface area contributed by atoms with Gasteiger partial charge in [0.1, 0.15) is 73.2 Å². The number of aliphatic hydroxyl groups excluding tert-OH is 11. The Morgan fingerprint density at radius 1 is 0.380 bits per heavy atom. The molecule has 1 amide bonds. The van der Waals surface area contributed by atoms with E-state index in [1.54, 1.807) is 6.08 Å². The average Bonchev–Trinajstić information content (AvgIpc) is 0.839. The number of unbranched alkanes of at least 4 members (excludes halogenated alkanes) is 41. The van der Waals surface area contributed by atoms with Gasteiger partial charge in [0.05, 0.1) is 38.6 Å². The number of carbonyl (C=O) groups excluding carboxylic acids is 1. The van der Waals surface area contributed by atoms with Gasteiger partial charge in [-0.1, -0.05) is 289 Å². The van der Waals surface area contributed by atoms with Crippen LogP contribution in [0.4, 0.5) is 0 Å². The molecule has 3 saturated heterocycles. The van der Waals surface area contributed by atoms with Crippen molar-refractivity contribution in [2.75, 3.05) is 26.4 Å². The predicted molar refractivity (Wildman–Crippen MR) is 360 cm³/mol. The molecule has 0 aromatic rings. The molecule has 17 unspecified atom stereocenters. The third-order valence-corrected chi connectivity index (χ3v) is 19.0. The molecule has 92 heavy (non-hydrogen) atoms. The number of hydrogen-bond acceptors (Lipinski definition) is 18. The molecule has 0 saturated carbocycles. The van der Waals surface area contributed by atoms with E-state index in [1.165, 1.54) is 231 Å². The zero-order chi connectivity index (χ0) is 66.8. The van der Waals surface area contributed by atoms with Gasteiger partial charge in [-0.2, -0.15) is 0 Å². The molecule has 3 fully saturated rings. The van der Waals surface area contributed by atoms with E-state index in [2.05, 4.69) is 31.3 Å². The molecule has 3 heterocycles. The topological polar surface area (TPSA) is 307 Å². The van der Waals surface area contributed by atoms with Gasteiger partial charge in [-0.15, -0.1) is 0 Å². The van der Waals surface area contributed by atoms with Crippen molar-refractivity contribution in [3.8, 4) is 0 Å². The Bertz CT molecular complexity index is 1760. The molecule has 3 aliphatic heterocycles. The lowest BCUT2D eigenvalue weighted by Gasteiger charge is -2.48. The Kier molecular flexibility index (Phi) is 50.7. The van der Waals surface area contributed by atoms with Crippen molar-refractivity contribution in [1.29, 1.82) is 0 Å². The Hall–Kier alpha value is -1.73. The van der Waals surface area contributed by atoms with Crippen LogP contribution < -0.4 is 5.32 Å². The minimum Gasteiger partial charge on any atom is -0.394 e. The summed E-state index contributed by atoms with van der Waals surface area (Å²) in [5.74, 6) is -0.279.